The van der Waals surface area contributed by atoms with Gasteiger partial charge in [-0.25, -0.2) is 0 Å². The Morgan fingerprint density at radius 1 is 0.265 bits per heavy atom. The first kappa shape index (κ1) is 25.2. The molecule has 5 aliphatic rings. The Hall–Kier alpha value is -8.07. The molecule has 28 aromatic rings. The van der Waals surface area contributed by atoms with Crippen molar-refractivity contribution in [1.29, 1.82) is 0 Å². The van der Waals surface area contributed by atoms with Gasteiger partial charge in [0.15, 0.2) is 0 Å². The normalized spacial score (nSPS) is 22.9. The molecule has 0 saturated carbocycles. The van der Waals surface area contributed by atoms with Gasteiger partial charge in [0.05, 0.1) is 10.8 Å². The lowest BCUT2D eigenvalue weighted by Crippen LogP contribution is -2.51. The fourth-order valence-electron chi connectivity index (χ4n) is 25.3. The molecule has 0 atom stereocenters. The number of hydrogen-bond acceptors (Lipinski definition) is 1. The van der Waals surface area contributed by atoms with Crippen LogP contribution in [0.15, 0.2) is 0 Å². The standard InChI is InChI=1S/C66H11NO/c1-2-3-6(68)67-4-65-61-53-45-35-25-17-9-7-8-11-15-13(9)21-29-23(15)33-27-19(11)20-12(8)16-14-10(7)18(17)26-32-22(14)30-24(16)34-28(20)38-37(27)47-41(33)51-43(29)49(39(45)31(21)25)57(61)59(51)63-55(47)56-48(38)42(34)52-44(30)50-40(32)46(36(26)35)54(53)62(65)58(50)60(52)64(56)66(63,65)5-67/h2-5H2,1H3. The van der Waals surface area contributed by atoms with Gasteiger partial charge < -0.3 is 4.90 Å². The molecule has 2 spiro atoms. The summed E-state index contributed by atoms with van der Waals surface area (Å²) in [6.07, 6.45) is 1.53. The van der Waals surface area contributed by atoms with E-state index in [2.05, 4.69) is 11.8 Å². The van der Waals surface area contributed by atoms with Crippen LogP contribution in [-0.2, 0) is 15.6 Å². The highest BCUT2D eigenvalue weighted by molar-refractivity contribution is 6.82. The van der Waals surface area contributed by atoms with Crippen molar-refractivity contribution in [3.63, 3.8) is 0 Å². The Morgan fingerprint density at radius 2 is 0.397 bits per heavy atom. The number of carbonyl (C=O) groups excluding carboxylic acids is 1. The van der Waals surface area contributed by atoms with Gasteiger partial charge >= 0.3 is 0 Å². The summed E-state index contributed by atoms with van der Waals surface area (Å²) in [6.45, 7) is 3.84. The fourth-order valence-corrected chi connectivity index (χ4v) is 25.3. The Morgan fingerprint density at radius 3 is 0.529 bits per heavy atom. The molecule has 2 nitrogen and oxygen atoms in total. The monoisotopic (exact) mass is 833 g/mol. The van der Waals surface area contributed by atoms with E-state index in [0.717, 1.165) is 19.5 Å². The van der Waals surface area contributed by atoms with E-state index in [0.29, 0.717) is 12.3 Å². The van der Waals surface area contributed by atoms with Crippen molar-refractivity contribution in [2.24, 2.45) is 0 Å². The van der Waals surface area contributed by atoms with Gasteiger partial charge in [-0.1, -0.05) is 6.92 Å². The van der Waals surface area contributed by atoms with E-state index in [1.165, 1.54) is 0 Å². The summed E-state index contributed by atoms with van der Waals surface area (Å²) in [7, 11) is 0. The Bertz CT molecular complexity index is 6550. The van der Waals surface area contributed by atoms with E-state index in [9.17, 15) is 0 Å². The fraction of sp³-hybridized carbons (Fsp3) is 0.106. The predicted octanol–water partition coefficient (Wildman–Crippen LogP) is 16.9. The lowest BCUT2D eigenvalue weighted by Gasteiger charge is -2.49. The lowest BCUT2D eigenvalue weighted by molar-refractivity contribution is -0.130. The molecule has 0 bridgehead atoms. The summed E-state index contributed by atoms with van der Waals surface area (Å²) in [6, 6.07) is 0. The summed E-state index contributed by atoms with van der Waals surface area (Å²) in [4.78, 5) is 17.7. The van der Waals surface area contributed by atoms with Gasteiger partial charge in [0, 0.05) is 19.5 Å². The molecule has 2 heteroatoms. The van der Waals surface area contributed by atoms with Gasteiger partial charge in [-0.05, 0) is 320 Å². The summed E-state index contributed by atoms with van der Waals surface area (Å²) in [5, 5.41) is 88.4. The minimum Gasteiger partial charge on any atom is -0.340 e. The van der Waals surface area contributed by atoms with Crippen molar-refractivity contribution < 1.29 is 4.79 Å². The Labute approximate surface area is 370 Å². The number of amides is 1. The molecule has 0 aromatic heterocycles. The van der Waals surface area contributed by atoms with Crippen LogP contribution in [0.25, 0.3) is 291 Å². The smallest absolute Gasteiger partial charge is 0.222 e. The molecule has 68 heavy (non-hydrogen) atoms. The summed E-state index contributed by atoms with van der Waals surface area (Å²) < 4.78 is 0. The zero-order valence-corrected chi connectivity index (χ0v) is 35.2. The van der Waals surface area contributed by atoms with E-state index >= 15 is 4.79 Å². The third-order valence-electron chi connectivity index (χ3n) is 25.4. The third kappa shape index (κ3) is 1.29. The van der Waals surface area contributed by atoms with Gasteiger partial charge in [-0.2, -0.15) is 0 Å². The molecule has 1 amide bonds. The zero-order valence-electron chi connectivity index (χ0n) is 35.2. The van der Waals surface area contributed by atoms with E-state index in [1.54, 1.807) is 313 Å². The molecule has 0 unspecified atom stereocenters. The average molecular weight is 834 g/mol. The molecule has 33 rings (SSSR count). The second-order valence-electron chi connectivity index (χ2n) is 25.6. The molecule has 286 valence electrons. The second-order valence-corrected chi connectivity index (χ2v) is 25.6. The number of benzene rings is 18. The van der Waals surface area contributed by atoms with E-state index in [1.807, 2.05) is 0 Å². The molecule has 4 aliphatic carbocycles. The highest BCUT2D eigenvalue weighted by atomic mass is 16.2. The van der Waals surface area contributed by atoms with Gasteiger partial charge in [-0.3, -0.25) is 4.79 Å². The first-order chi connectivity index (χ1) is 33.8. The molecule has 0 radical (unpaired) electrons. The largest absolute Gasteiger partial charge is 0.340 e. The molecular formula is C66H11NO. The van der Waals surface area contributed by atoms with Crippen molar-refractivity contribution in [3.05, 3.63) is 22.3 Å². The molecular weight excluding hydrogens is 823 g/mol. The number of likely N-dealkylation sites (tertiary alicyclic amines) is 1. The van der Waals surface area contributed by atoms with Crippen LogP contribution in [0, 0.1) is 0 Å². The maximum absolute atomic E-state index is 15.2. The molecule has 28 aromatic carbocycles. The van der Waals surface area contributed by atoms with Crippen LogP contribution in [0.5, 0.6) is 0 Å². The molecule has 1 aliphatic heterocycles. The number of nitrogens with zero attached hydrogens (tertiary/aromatic N) is 1. The van der Waals surface area contributed by atoms with Crippen LogP contribution in [-0.4, -0.2) is 23.9 Å². The molecule has 1 heterocycles. The summed E-state index contributed by atoms with van der Waals surface area (Å²) in [5.41, 5.74) is 6.03. The Balaban J connectivity index is 1.20. The van der Waals surface area contributed by atoms with Crippen LogP contribution in [0.1, 0.15) is 42.0 Å². The quantitative estimate of drug-likeness (QED) is 0.159. The van der Waals surface area contributed by atoms with Crippen molar-refractivity contribution in [2.45, 2.75) is 30.6 Å². The second kappa shape index (κ2) is 5.60. The van der Waals surface area contributed by atoms with Gasteiger partial charge in [0.25, 0.3) is 0 Å². The maximum atomic E-state index is 15.2. The van der Waals surface area contributed by atoms with Crippen molar-refractivity contribution in [3.8, 4) is 0 Å². The zero-order chi connectivity index (χ0) is 40.5. The molecule has 1 fully saturated rings. The van der Waals surface area contributed by atoms with E-state index < -0.39 is 0 Å². The summed E-state index contributed by atoms with van der Waals surface area (Å²) in [5.74, 6) is 0.378. The van der Waals surface area contributed by atoms with Gasteiger partial charge in [0.2, 0.25) is 5.91 Å². The summed E-state index contributed by atoms with van der Waals surface area (Å²) >= 11 is 0. The van der Waals surface area contributed by atoms with Gasteiger partial charge in [0.1, 0.15) is 0 Å². The lowest BCUT2D eigenvalue weighted by atomic mass is 9.50. The first-order valence-electron chi connectivity index (χ1n) is 25.8. The SMILES string of the molecule is CCCC(=O)N1CC23c4c5c6c7c8c9c(c%10c%11c2c2c4c4c%12c5c5c6c6c8c8c%13c9c9c%10c%10c%11c%11c2c2c4c4c%12c%12c5c5c6c8c6c8c%13c9c9c%10c%10c%11c2c2c4c4c%12c5c6c5c8c9c%10c2c45)C73C1. The number of hydrogen-bond donors (Lipinski definition) is 0. The number of rotatable bonds is 2. The van der Waals surface area contributed by atoms with Crippen LogP contribution < -0.4 is 0 Å². The first-order valence-corrected chi connectivity index (χ1v) is 25.8. The minimum absolute atomic E-state index is 0.345. The molecule has 0 N–H and O–H groups in total. The van der Waals surface area contributed by atoms with Crippen LogP contribution >= 0.6 is 0 Å². The highest BCUT2D eigenvalue weighted by Gasteiger charge is 2.73. The van der Waals surface area contributed by atoms with Crippen LogP contribution in [0.3, 0.4) is 0 Å². The molecule has 1 saturated heterocycles. The predicted molar refractivity (Wildman–Crippen MR) is 285 cm³/mol. The third-order valence-corrected chi connectivity index (χ3v) is 25.4. The van der Waals surface area contributed by atoms with Crippen molar-refractivity contribution in [2.75, 3.05) is 13.1 Å². The van der Waals surface area contributed by atoms with Crippen LogP contribution in [0.4, 0.5) is 0 Å². The van der Waals surface area contributed by atoms with Crippen molar-refractivity contribution in [1.82, 2.24) is 4.90 Å². The maximum Gasteiger partial charge on any atom is 0.222 e. The highest BCUT2D eigenvalue weighted by Crippen LogP contribution is 2.85. The van der Waals surface area contributed by atoms with Gasteiger partial charge in [-0.15, -0.1) is 0 Å². The van der Waals surface area contributed by atoms with E-state index in [-0.39, 0.29) is 10.8 Å². The minimum atomic E-state index is -0.345. The average Bonchev–Trinajstić information content (AvgIpc) is 4.24. The van der Waals surface area contributed by atoms with Crippen LogP contribution in [0.2, 0.25) is 0 Å². The van der Waals surface area contributed by atoms with Crippen molar-refractivity contribution >= 4 is 297 Å². The van der Waals surface area contributed by atoms with E-state index in [4.69, 9.17) is 0 Å². The topological polar surface area (TPSA) is 20.3 Å². The Kier molecular flexibility index (Phi) is 2.07. The number of carbonyl (C=O) groups is 1.